The minimum atomic E-state index is 0.510. The fraction of sp³-hybridized carbons (Fsp3) is 0.357. The van der Waals surface area contributed by atoms with Crippen LogP contribution in [0.4, 0.5) is 0 Å². The molecule has 0 bridgehead atoms. The smallest absolute Gasteiger partial charge is 0.0746 e. The fourth-order valence-electron chi connectivity index (χ4n) is 2.08. The maximum absolute atomic E-state index is 4.47. The minimum absolute atomic E-state index is 0.510. The number of aromatic nitrogens is 1. The zero-order valence-corrected chi connectivity index (χ0v) is 11.8. The topological polar surface area (TPSA) is 16.1 Å². The van der Waals surface area contributed by atoms with E-state index in [9.17, 15) is 0 Å². The van der Waals surface area contributed by atoms with Gasteiger partial charge in [-0.1, -0.05) is 47.1 Å². The Labute approximate surface area is 111 Å². The van der Waals surface area contributed by atoms with E-state index >= 15 is 0 Å². The van der Waals surface area contributed by atoms with Gasteiger partial charge in [0.2, 0.25) is 0 Å². The number of nitrogens with zero attached hydrogens (tertiary/aromatic N) is 2. The molecule has 90 valence electrons. The van der Waals surface area contributed by atoms with Crippen LogP contribution in [0, 0.1) is 0 Å². The number of alkyl halides is 1. The van der Waals surface area contributed by atoms with E-state index in [1.165, 1.54) is 10.9 Å². The molecule has 1 heterocycles. The van der Waals surface area contributed by atoms with Gasteiger partial charge in [0.05, 0.1) is 5.52 Å². The Hall–Kier alpha value is -0.930. The van der Waals surface area contributed by atoms with Crippen molar-refractivity contribution in [2.75, 3.05) is 13.6 Å². The molecule has 0 aliphatic rings. The summed E-state index contributed by atoms with van der Waals surface area (Å²) in [5.41, 5.74) is 2.41. The molecule has 2 rings (SSSR count). The average Bonchev–Trinajstić information content (AvgIpc) is 2.28. The van der Waals surface area contributed by atoms with Crippen LogP contribution in [0.1, 0.15) is 12.5 Å². The molecular weight excluding hydrogens is 276 g/mol. The molecular formula is C14H17BrN2. The van der Waals surface area contributed by atoms with Crippen molar-refractivity contribution in [2.45, 2.75) is 18.3 Å². The van der Waals surface area contributed by atoms with Crippen LogP contribution in [-0.2, 0) is 6.54 Å². The SMILES string of the molecule is CC(Br)CN(C)Cc1cccc2cccnc12. The van der Waals surface area contributed by atoms with Crippen LogP contribution < -0.4 is 0 Å². The van der Waals surface area contributed by atoms with Crippen molar-refractivity contribution in [3.8, 4) is 0 Å². The number of pyridine rings is 1. The number of hydrogen-bond acceptors (Lipinski definition) is 2. The second-order valence-corrected chi connectivity index (χ2v) is 6.03. The summed E-state index contributed by atoms with van der Waals surface area (Å²) in [5, 5.41) is 1.21. The largest absolute Gasteiger partial charge is 0.301 e. The Morgan fingerprint density at radius 1 is 1.29 bits per heavy atom. The summed E-state index contributed by atoms with van der Waals surface area (Å²) in [6, 6.07) is 10.5. The Morgan fingerprint density at radius 2 is 2.06 bits per heavy atom. The number of rotatable bonds is 4. The molecule has 0 radical (unpaired) electrons. The summed E-state index contributed by atoms with van der Waals surface area (Å²) in [6.45, 7) is 4.13. The molecule has 2 nitrogen and oxygen atoms in total. The van der Waals surface area contributed by atoms with Gasteiger partial charge in [0, 0.05) is 29.5 Å². The zero-order valence-electron chi connectivity index (χ0n) is 10.2. The van der Waals surface area contributed by atoms with Gasteiger partial charge in [-0.25, -0.2) is 0 Å². The maximum Gasteiger partial charge on any atom is 0.0746 e. The van der Waals surface area contributed by atoms with E-state index in [1.807, 2.05) is 12.3 Å². The number of hydrogen-bond donors (Lipinski definition) is 0. The molecule has 2 aromatic rings. The summed E-state index contributed by atoms with van der Waals surface area (Å²) in [4.78, 5) is 7.29. The Kier molecular flexibility index (Phi) is 4.13. The van der Waals surface area contributed by atoms with Crippen LogP contribution in [-0.4, -0.2) is 28.3 Å². The first-order valence-electron chi connectivity index (χ1n) is 5.82. The van der Waals surface area contributed by atoms with Crippen LogP contribution in [0.15, 0.2) is 36.5 Å². The molecule has 0 spiro atoms. The second kappa shape index (κ2) is 5.61. The Bertz CT molecular complexity index is 491. The molecule has 0 aliphatic carbocycles. The summed E-state index contributed by atoms with van der Waals surface area (Å²) >= 11 is 3.58. The Morgan fingerprint density at radius 3 is 2.82 bits per heavy atom. The van der Waals surface area contributed by atoms with Crippen molar-refractivity contribution in [2.24, 2.45) is 0 Å². The zero-order chi connectivity index (χ0) is 12.3. The van der Waals surface area contributed by atoms with Crippen LogP contribution in [0.3, 0.4) is 0 Å². The third-order valence-electron chi connectivity index (χ3n) is 2.72. The number of fused-ring (bicyclic) bond motifs is 1. The van der Waals surface area contributed by atoms with Gasteiger partial charge in [-0.3, -0.25) is 4.98 Å². The first kappa shape index (κ1) is 12.5. The van der Waals surface area contributed by atoms with Crippen molar-refractivity contribution >= 4 is 26.8 Å². The lowest BCUT2D eigenvalue weighted by atomic mass is 10.1. The fourth-order valence-corrected chi connectivity index (χ4v) is 2.57. The van der Waals surface area contributed by atoms with E-state index in [-0.39, 0.29) is 0 Å². The van der Waals surface area contributed by atoms with E-state index in [1.54, 1.807) is 0 Å². The highest BCUT2D eigenvalue weighted by molar-refractivity contribution is 9.09. The monoisotopic (exact) mass is 292 g/mol. The third-order valence-corrected chi connectivity index (χ3v) is 3.01. The van der Waals surface area contributed by atoms with Crippen LogP contribution >= 0.6 is 15.9 Å². The molecule has 3 heteroatoms. The van der Waals surface area contributed by atoms with E-state index in [4.69, 9.17) is 0 Å². The highest BCUT2D eigenvalue weighted by Gasteiger charge is 2.07. The molecule has 17 heavy (non-hydrogen) atoms. The molecule has 1 aromatic carbocycles. The van der Waals surface area contributed by atoms with Gasteiger partial charge in [-0.2, -0.15) is 0 Å². The van der Waals surface area contributed by atoms with Crippen molar-refractivity contribution in [3.05, 3.63) is 42.1 Å². The highest BCUT2D eigenvalue weighted by atomic mass is 79.9. The molecule has 0 saturated heterocycles. The lowest BCUT2D eigenvalue weighted by Crippen LogP contribution is -2.24. The Balaban J connectivity index is 2.24. The number of halogens is 1. The standard InChI is InChI=1S/C14H17BrN2/c1-11(15)9-17(2)10-13-6-3-5-12-7-4-8-16-14(12)13/h3-8,11H,9-10H2,1-2H3. The second-order valence-electron chi connectivity index (χ2n) is 4.47. The third kappa shape index (κ3) is 3.27. The van der Waals surface area contributed by atoms with Gasteiger partial charge in [0.15, 0.2) is 0 Å². The molecule has 0 amide bonds. The molecule has 0 saturated carbocycles. The van der Waals surface area contributed by atoms with E-state index < -0.39 is 0 Å². The normalized spacial score (nSPS) is 13.2. The first-order valence-corrected chi connectivity index (χ1v) is 6.73. The number of benzene rings is 1. The van der Waals surface area contributed by atoms with Gasteiger partial charge in [0.1, 0.15) is 0 Å². The van der Waals surface area contributed by atoms with Gasteiger partial charge >= 0.3 is 0 Å². The first-order chi connectivity index (χ1) is 8.16. The van der Waals surface area contributed by atoms with Crippen molar-refractivity contribution in [1.29, 1.82) is 0 Å². The summed E-state index contributed by atoms with van der Waals surface area (Å²) in [7, 11) is 2.14. The summed E-state index contributed by atoms with van der Waals surface area (Å²) in [5.74, 6) is 0. The predicted molar refractivity (Wildman–Crippen MR) is 76.5 cm³/mol. The van der Waals surface area contributed by atoms with Gasteiger partial charge in [-0.05, 0) is 18.7 Å². The van der Waals surface area contributed by atoms with E-state index in [2.05, 4.69) is 64.1 Å². The minimum Gasteiger partial charge on any atom is -0.301 e. The quantitative estimate of drug-likeness (QED) is 0.803. The van der Waals surface area contributed by atoms with E-state index in [0.29, 0.717) is 4.83 Å². The summed E-state index contributed by atoms with van der Waals surface area (Å²) < 4.78 is 0. The molecule has 0 fully saturated rings. The van der Waals surface area contributed by atoms with Crippen molar-refractivity contribution < 1.29 is 0 Å². The maximum atomic E-state index is 4.47. The van der Waals surface area contributed by atoms with Crippen molar-refractivity contribution in [3.63, 3.8) is 0 Å². The van der Waals surface area contributed by atoms with Crippen molar-refractivity contribution in [1.82, 2.24) is 9.88 Å². The lowest BCUT2D eigenvalue weighted by Gasteiger charge is -2.18. The molecule has 1 unspecified atom stereocenters. The highest BCUT2D eigenvalue weighted by Crippen LogP contribution is 2.17. The van der Waals surface area contributed by atoms with Gasteiger partial charge in [-0.15, -0.1) is 0 Å². The van der Waals surface area contributed by atoms with Gasteiger partial charge < -0.3 is 4.90 Å². The molecule has 0 N–H and O–H groups in total. The van der Waals surface area contributed by atoms with E-state index in [0.717, 1.165) is 18.6 Å². The van der Waals surface area contributed by atoms with Crippen LogP contribution in [0.25, 0.3) is 10.9 Å². The average molecular weight is 293 g/mol. The summed E-state index contributed by atoms with van der Waals surface area (Å²) in [6.07, 6.45) is 1.86. The van der Waals surface area contributed by atoms with Crippen LogP contribution in [0.2, 0.25) is 0 Å². The predicted octanol–water partition coefficient (Wildman–Crippen LogP) is 3.45. The van der Waals surface area contributed by atoms with Crippen LogP contribution in [0.5, 0.6) is 0 Å². The lowest BCUT2D eigenvalue weighted by molar-refractivity contribution is 0.334. The molecule has 1 aromatic heterocycles. The molecule has 1 atom stereocenters. The molecule has 0 aliphatic heterocycles. The van der Waals surface area contributed by atoms with Gasteiger partial charge in [0.25, 0.3) is 0 Å². The number of para-hydroxylation sites is 1.